The van der Waals surface area contributed by atoms with Crippen molar-refractivity contribution in [3.8, 4) is 17.1 Å². The molecule has 14 heavy (non-hydrogen) atoms. The largest absolute Gasteiger partial charge is 0.339 e. The van der Waals surface area contributed by atoms with Crippen LogP contribution in [0, 0.1) is 12.7 Å². The Morgan fingerprint density at radius 3 is 2.86 bits per heavy atom. The topological polar surface area (TPSA) is 58.8 Å². The molecule has 0 N–H and O–H groups in total. The van der Waals surface area contributed by atoms with Gasteiger partial charge in [-0.05, 0) is 12.1 Å². The van der Waals surface area contributed by atoms with Gasteiger partial charge < -0.3 is 4.52 Å². The van der Waals surface area contributed by atoms with Crippen LogP contribution in [-0.4, -0.2) is 10.1 Å². The van der Waals surface area contributed by atoms with Crippen molar-refractivity contribution in [2.75, 3.05) is 0 Å². The lowest BCUT2D eigenvalue weighted by Gasteiger charge is -1.96. The first-order chi connectivity index (χ1) is 6.68. The van der Waals surface area contributed by atoms with Crippen LogP contribution in [0.15, 0.2) is 22.7 Å². The summed E-state index contributed by atoms with van der Waals surface area (Å²) in [4.78, 5) is 3.84. The Bertz CT molecular complexity index is 468. The Labute approximate surface area is 79.0 Å². The Balaban J connectivity index is 2.57. The fraction of sp³-hybridized carbons (Fsp3) is 0.111. The highest BCUT2D eigenvalue weighted by Gasteiger charge is 2.14. The molecular weight excluding hydrogens is 187 g/mol. The van der Waals surface area contributed by atoms with Crippen molar-refractivity contribution in [2.24, 2.45) is 0 Å². The van der Waals surface area contributed by atoms with Gasteiger partial charge in [-0.2, -0.15) is 4.98 Å². The molecule has 4 nitrogen and oxygen atoms in total. The number of rotatable bonds is 1. The number of aromatic nitrogens is 2. The highest BCUT2D eigenvalue weighted by molar-refractivity contribution is 5.63. The molecule has 71 valence electrons. The number of hydrogen-bond donors (Lipinski definition) is 0. The van der Waals surface area contributed by atoms with Gasteiger partial charge in [0.25, 0.3) is 0 Å². The lowest BCUT2D eigenvalue weighted by Crippen LogP contribution is -1.83. The maximum absolute atomic E-state index is 12.9. The summed E-state index contributed by atoms with van der Waals surface area (Å²) >= 11 is 0. The fourth-order valence-corrected chi connectivity index (χ4v) is 1.09. The molecule has 0 aliphatic heterocycles. The molecule has 2 aromatic rings. The Morgan fingerprint density at radius 1 is 1.43 bits per heavy atom. The van der Waals surface area contributed by atoms with Crippen LogP contribution in [0.25, 0.3) is 11.4 Å². The molecular formula is C9H6FN2O2. The third-order valence-electron chi connectivity index (χ3n) is 1.74. The van der Waals surface area contributed by atoms with Crippen molar-refractivity contribution in [3.63, 3.8) is 0 Å². The smallest absolute Gasteiger partial charge is 0.225 e. The van der Waals surface area contributed by atoms with Gasteiger partial charge in [0.2, 0.25) is 17.5 Å². The van der Waals surface area contributed by atoms with Gasteiger partial charge in [0.05, 0.1) is 5.56 Å². The van der Waals surface area contributed by atoms with Crippen molar-refractivity contribution < 1.29 is 14.0 Å². The molecule has 0 bridgehead atoms. The van der Waals surface area contributed by atoms with Crippen molar-refractivity contribution >= 4 is 0 Å². The molecule has 1 aromatic heterocycles. The highest BCUT2D eigenvalue weighted by atomic mass is 19.1. The van der Waals surface area contributed by atoms with E-state index in [1.54, 1.807) is 6.92 Å². The van der Waals surface area contributed by atoms with E-state index in [2.05, 4.69) is 10.1 Å². The highest BCUT2D eigenvalue weighted by Crippen LogP contribution is 2.29. The minimum absolute atomic E-state index is 0.113. The molecule has 0 saturated heterocycles. The van der Waals surface area contributed by atoms with Crippen LogP contribution in [0.1, 0.15) is 5.89 Å². The van der Waals surface area contributed by atoms with Gasteiger partial charge in [-0.3, -0.25) is 5.11 Å². The van der Waals surface area contributed by atoms with Gasteiger partial charge in [-0.25, -0.2) is 4.39 Å². The van der Waals surface area contributed by atoms with Crippen LogP contribution in [0.3, 0.4) is 0 Å². The van der Waals surface area contributed by atoms with Crippen LogP contribution < -0.4 is 0 Å². The molecule has 0 unspecified atom stereocenters. The quantitative estimate of drug-likeness (QED) is 0.698. The van der Waals surface area contributed by atoms with Gasteiger partial charge >= 0.3 is 0 Å². The molecule has 0 aliphatic carbocycles. The lowest BCUT2D eigenvalue weighted by molar-refractivity contribution is 0.331. The monoisotopic (exact) mass is 193 g/mol. The zero-order valence-electron chi connectivity index (χ0n) is 7.32. The molecule has 0 atom stereocenters. The fourth-order valence-electron chi connectivity index (χ4n) is 1.09. The van der Waals surface area contributed by atoms with Crippen LogP contribution in [0.5, 0.6) is 5.75 Å². The molecule has 0 spiro atoms. The second-order valence-electron chi connectivity index (χ2n) is 2.75. The number of hydrogen-bond acceptors (Lipinski definition) is 3. The summed E-state index contributed by atoms with van der Waals surface area (Å²) in [7, 11) is 0. The Hall–Kier alpha value is -1.91. The zero-order valence-corrected chi connectivity index (χ0v) is 7.32. The first-order valence-corrected chi connectivity index (χ1v) is 3.94. The standard InChI is InChI=1S/C9H6FN2O2/c1-5-11-9(12-14-5)6-3-2-4-7(10)8(6)13/h2-4H,1H3. The van der Waals surface area contributed by atoms with E-state index in [1.165, 1.54) is 12.1 Å². The number of aryl methyl sites for hydroxylation is 1. The summed E-state index contributed by atoms with van der Waals surface area (Å²) in [5.74, 6) is -1.08. The van der Waals surface area contributed by atoms with E-state index in [1.807, 2.05) is 0 Å². The van der Waals surface area contributed by atoms with Crippen LogP contribution >= 0.6 is 0 Å². The molecule has 1 radical (unpaired) electrons. The minimum Gasteiger partial charge on any atom is -0.339 e. The average Bonchev–Trinajstić information content (AvgIpc) is 2.57. The normalized spacial score (nSPS) is 10.4. The maximum atomic E-state index is 12.9. The van der Waals surface area contributed by atoms with E-state index < -0.39 is 11.6 Å². The van der Waals surface area contributed by atoms with E-state index in [0.29, 0.717) is 5.89 Å². The van der Waals surface area contributed by atoms with E-state index >= 15 is 0 Å². The van der Waals surface area contributed by atoms with Crippen LogP contribution in [0.4, 0.5) is 4.39 Å². The van der Waals surface area contributed by atoms with Crippen molar-refractivity contribution in [3.05, 3.63) is 29.9 Å². The zero-order chi connectivity index (χ0) is 10.1. The van der Waals surface area contributed by atoms with Crippen molar-refractivity contribution in [2.45, 2.75) is 6.92 Å². The van der Waals surface area contributed by atoms with Crippen LogP contribution in [0.2, 0.25) is 0 Å². The van der Waals surface area contributed by atoms with Gasteiger partial charge in [0, 0.05) is 6.92 Å². The molecule has 5 heteroatoms. The molecule has 1 aromatic carbocycles. The van der Waals surface area contributed by atoms with E-state index in [-0.39, 0.29) is 11.4 Å². The van der Waals surface area contributed by atoms with E-state index in [0.717, 1.165) is 6.07 Å². The first kappa shape index (κ1) is 8.68. The van der Waals surface area contributed by atoms with Crippen LogP contribution in [-0.2, 0) is 5.11 Å². The Kier molecular flexibility index (Phi) is 1.92. The van der Waals surface area contributed by atoms with Crippen molar-refractivity contribution in [1.29, 1.82) is 0 Å². The molecule has 0 fully saturated rings. The summed E-state index contributed by atoms with van der Waals surface area (Å²) in [5.41, 5.74) is 0.113. The second-order valence-corrected chi connectivity index (χ2v) is 2.75. The SMILES string of the molecule is Cc1nc(-c2cccc(F)c2[O])no1. The summed E-state index contributed by atoms with van der Waals surface area (Å²) in [5, 5.41) is 14.8. The first-order valence-electron chi connectivity index (χ1n) is 3.94. The van der Waals surface area contributed by atoms with Gasteiger partial charge in [0.1, 0.15) is 0 Å². The molecule has 2 rings (SSSR count). The molecule has 1 heterocycles. The van der Waals surface area contributed by atoms with Gasteiger partial charge in [-0.1, -0.05) is 11.2 Å². The maximum Gasteiger partial charge on any atom is 0.225 e. The average molecular weight is 193 g/mol. The predicted octanol–water partition coefficient (Wildman–Crippen LogP) is 2.33. The van der Waals surface area contributed by atoms with Gasteiger partial charge in [-0.15, -0.1) is 0 Å². The summed E-state index contributed by atoms with van der Waals surface area (Å²) < 4.78 is 17.6. The van der Waals surface area contributed by atoms with E-state index in [9.17, 15) is 9.50 Å². The third kappa shape index (κ3) is 1.32. The number of para-hydroxylation sites is 1. The number of halogens is 1. The number of nitrogens with zero attached hydrogens (tertiary/aromatic N) is 2. The predicted molar refractivity (Wildman–Crippen MR) is 44.6 cm³/mol. The molecule has 0 aliphatic rings. The minimum atomic E-state index is -0.815. The molecule has 0 amide bonds. The van der Waals surface area contributed by atoms with Gasteiger partial charge in [0.15, 0.2) is 5.82 Å². The summed E-state index contributed by atoms with van der Waals surface area (Å²) in [6, 6.07) is 3.98. The summed E-state index contributed by atoms with van der Waals surface area (Å²) in [6.07, 6.45) is 0. The third-order valence-corrected chi connectivity index (χ3v) is 1.74. The van der Waals surface area contributed by atoms with E-state index in [4.69, 9.17) is 4.52 Å². The lowest BCUT2D eigenvalue weighted by atomic mass is 10.2. The Morgan fingerprint density at radius 2 is 2.21 bits per heavy atom. The number of benzene rings is 1. The molecule has 0 saturated carbocycles. The second kappa shape index (κ2) is 3.10. The van der Waals surface area contributed by atoms with Crippen molar-refractivity contribution in [1.82, 2.24) is 10.1 Å². The summed E-state index contributed by atoms with van der Waals surface area (Å²) in [6.45, 7) is 1.60.